The number of aromatic nitrogens is 3. The molecule has 0 bridgehead atoms. The van der Waals surface area contributed by atoms with Gasteiger partial charge in [-0.05, 0) is 36.8 Å². The summed E-state index contributed by atoms with van der Waals surface area (Å²) in [4.78, 5) is 24.8. The summed E-state index contributed by atoms with van der Waals surface area (Å²) in [6.07, 6.45) is 6.53. The van der Waals surface area contributed by atoms with E-state index in [1.54, 1.807) is 43.0 Å². The van der Waals surface area contributed by atoms with Crippen molar-refractivity contribution in [2.45, 2.75) is 6.92 Å². The molecule has 0 N–H and O–H groups in total. The third kappa shape index (κ3) is 2.08. The van der Waals surface area contributed by atoms with Gasteiger partial charge < -0.3 is 0 Å². The van der Waals surface area contributed by atoms with Crippen LogP contribution in [0.25, 0.3) is 11.0 Å². The molecule has 0 radical (unpaired) electrons. The second-order valence-electron chi connectivity index (χ2n) is 4.28. The van der Waals surface area contributed by atoms with E-state index >= 15 is 0 Å². The number of nitrogens with zero attached hydrogens (tertiary/aromatic N) is 3. The first kappa shape index (κ1) is 11.5. The summed E-state index contributed by atoms with van der Waals surface area (Å²) in [5.41, 5.74) is 3.63. The van der Waals surface area contributed by atoms with Crippen molar-refractivity contribution >= 4 is 16.8 Å². The predicted molar refractivity (Wildman–Crippen MR) is 71.9 cm³/mol. The summed E-state index contributed by atoms with van der Waals surface area (Å²) in [5, 5.41) is 0. The number of aryl methyl sites for hydroxylation is 1. The van der Waals surface area contributed by atoms with Gasteiger partial charge in [0.1, 0.15) is 0 Å². The lowest BCUT2D eigenvalue weighted by atomic mass is 10.0. The molecule has 2 aromatic heterocycles. The van der Waals surface area contributed by atoms with Gasteiger partial charge >= 0.3 is 0 Å². The highest BCUT2D eigenvalue weighted by Crippen LogP contribution is 2.16. The van der Waals surface area contributed by atoms with E-state index in [-0.39, 0.29) is 5.78 Å². The van der Waals surface area contributed by atoms with Crippen LogP contribution in [0.4, 0.5) is 0 Å². The molecular weight excluding hydrogens is 238 g/mol. The molecule has 4 nitrogen and oxygen atoms in total. The first-order valence-electron chi connectivity index (χ1n) is 5.92. The van der Waals surface area contributed by atoms with Gasteiger partial charge in [0, 0.05) is 35.9 Å². The molecular formula is C15H11N3O. The van der Waals surface area contributed by atoms with Crippen LogP contribution in [0.5, 0.6) is 0 Å². The Labute approximate surface area is 110 Å². The Morgan fingerprint density at radius 2 is 1.79 bits per heavy atom. The van der Waals surface area contributed by atoms with Crippen molar-refractivity contribution in [1.82, 2.24) is 15.0 Å². The number of hydrogen-bond donors (Lipinski definition) is 0. The van der Waals surface area contributed by atoms with Crippen LogP contribution in [-0.4, -0.2) is 20.7 Å². The van der Waals surface area contributed by atoms with Crippen LogP contribution in [0.3, 0.4) is 0 Å². The molecule has 19 heavy (non-hydrogen) atoms. The molecule has 0 atom stereocenters. The zero-order valence-electron chi connectivity index (χ0n) is 10.4. The standard InChI is InChI=1S/C15H11N3O/c1-10-4-5-16-9-12(10)15(19)11-2-3-13-14(8-11)18-7-6-17-13/h2-9H,1H3. The minimum atomic E-state index is -0.0434. The number of fused-ring (bicyclic) bond motifs is 1. The summed E-state index contributed by atoms with van der Waals surface area (Å²) in [7, 11) is 0. The molecule has 4 heteroatoms. The van der Waals surface area contributed by atoms with E-state index in [4.69, 9.17) is 0 Å². The van der Waals surface area contributed by atoms with Crippen molar-refractivity contribution in [2.75, 3.05) is 0 Å². The first-order valence-corrected chi connectivity index (χ1v) is 5.92. The van der Waals surface area contributed by atoms with Gasteiger partial charge in [-0.1, -0.05) is 0 Å². The summed E-state index contributed by atoms with van der Waals surface area (Å²) in [6, 6.07) is 7.16. The normalized spacial score (nSPS) is 10.6. The topological polar surface area (TPSA) is 55.7 Å². The van der Waals surface area contributed by atoms with Crippen molar-refractivity contribution in [3.05, 3.63) is 65.7 Å². The predicted octanol–water partition coefficient (Wildman–Crippen LogP) is 2.56. The van der Waals surface area contributed by atoms with E-state index in [1.165, 1.54) is 0 Å². The minimum Gasteiger partial charge on any atom is -0.289 e. The molecule has 0 saturated carbocycles. The van der Waals surface area contributed by atoms with Crippen molar-refractivity contribution in [3.8, 4) is 0 Å². The van der Waals surface area contributed by atoms with Crippen molar-refractivity contribution in [3.63, 3.8) is 0 Å². The molecule has 0 aliphatic carbocycles. The highest BCUT2D eigenvalue weighted by Gasteiger charge is 2.12. The van der Waals surface area contributed by atoms with Gasteiger partial charge in [-0.2, -0.15) is 0 Å². The Balaban J connectivity index is 2.09. The van der Waals surface area contributed by atoms with Crippen LogP contribution < -0.4 is 0 Å². The highest BCUT2D eigenvalue weighted by molar-refractivity contribution is 6.10. The summed E-state index contributed by atoms with van der Waals surface area (Å²) < 4.78 is 0. The molecule has 92 valence electrons. The average molecular weight is 249 g/mol. The van der Waals surface area contributed by atoms with E-state index < -0.39 is 0 Å². The maximum Gasteiger partial charge on any atom is 0.194 e. The molecule has 2 heterocycles. The molecule has 3 aromatic rings. The molecule has 0 saturated heterocycles. The molecule has 0 unspecified atom stereocenters. The number of carbonyl (C=O) groups is 1. The van der Waals surface area contributed by atoms with E-state index in [0.29, 0.717) is 11.1 Å². The molecule has 0 spiro atoms. The van der Waals surface area contributed by atoms with Crippen LogP contribution in [-0.2, 0) is 0 Å². The van der Waals surface area contributed by atoms with E-state index in [9.17, 15) is 4.79 Å². The highest BCUT2D eigenvalue weighted by atomic mass is 16.1. The number of carbonyl (C=O) groups excluding carboxylic acids is 1. The molecule has 0 aliphatic rings. The summed E-state index contributed by atoms with van der Waals surface area (Å²) in [6.45, 7) is 1.90. The van der Waals surface area contributed by atoms with Crippen molar-refractivity contribution < 1.29 is 4.79 Å². The second kappa shape index (κ2) is 4.57. The van der Waals surface area contributed by atoms with Gasteiger partial charge in [-0.15, -0.1) is 0 Å². The van der Waals surface area contributed by atoms with Crippen molar-refractivity contribution in [2.24, 2.45) is 0 Å². The summed E-state index contributed by atoms with van der Waals surface area (Å²) >= 11 is 0. The first-order chi connectivity index (χ1) is 9.25. The van der Waals surface area contributed by atoms with Gasteiger partial charge in [0.15, 0.2) is 5.78 Å². The smallest absolute Gasteiger partial charge is 0.194 e. The Morgan fingerprint density at radius 3 is 2.58 bits per heavy atom. The number of ketones is 1. The largest absolute Gasteiger partial charge is 0.289 e. The van der Waals surface area contributed by atoms with Crippen LogP contribution in [0.2, 0.25) is 0 Å². The van der Waals surface area contributed by atoms with Crippen LogP contribution in [0.1, 0.15) is 21.5 Å². The van der Waals surface area contributed by atoms with Gasteiger partial charge in [0.2, 0.25) is 0 Å². The average Bonchev–Trinajstić information content (AvgIpc) is 2.46. The fourth-order valence-corrected chi connectivity index (χ4v) is 1.96. The van der Waals surface area contributed by atoms with Gasteiger partial charge in [-0.25, -0.2) is 0 Å². The van der Waals surface area contributed by atoms with Crippen LogP contribution in [0.15, 0.2) is 49.1 Å². The Morgan fingerprint density at radius 1 is 1.00 bits per heavy atom. The SMILES string of the molecule is Cc1ccncc1C(=O)c1ccc2nccnc2c1. The van der Waals surface area contributed by atoms with E-state index in [1.807, 2.05) is 13.0 Å². The fraction of sp³-hybridized carbons (Fsp3) is 0.0667. The Kier molecular flexibility index (Phi) is 2.76. The summed E-state index contributed by atoms with van der Waals surface area (Å²) in [5.74, 6) is -0.0434. The fourth-order valence-electron chi connectivity index (χ4n) is 1.96. The number of hydrogen-bond acceptors (Lipinski definition) is 4. The third-order valence-electron chi connectivity index (χ3n) is 3.02. The van der Waals surface area contributed by atoms with Gasteiger partial charge in [0.25, 0.3) is 0 Å². The van der Waals surface area contributed by atoms with E-state index in [0.717, 1.165) is 16.6 Å². The molecule has 0 aliphatic heterocycles. The molecule has 3 rings (SSSR count). The lowest BCUT2D eigenvalue weighted by Gasteiger charge is -2.04. The minimum absolute atomic E-state index is 0.0434. The maximum absolute atomic E-state index is 12.4. The maximum atomic E-state index is 12.4. The zero-order chi connectivity index (χ0) is 13.2. The third-order valence-corrected chi connectivity index (χ3v) is 3.02. The van der Waals surface area contributed by atoms with Gasteiger partial charge in [-0.3, -0.25) is 19.7 Å². The van der Waals surface area contributed by atoms with Gasteiger partial charge in [0.05, 0.1) is 11.0 Å². The molecule has 0 fully saturated rings. The zero-order valence-corrected chi connectivity index (χ0v) is 10.4. The Hall–Kier alpha value is -2.62. The Bertz CT molecular complexity index is 768. The second-order valence-corrected chi connectivity index (χ2v) is 4.28. The number of benzene rings is 1. The van der Waals surface area contributed by atoms with Crippen molar-refractivity contribution in [1.29, 1.82) is 0 Å². The number of rotatable bonds is 2. The van der Waals surface area contributed by atoms with Crippen LogP contribution in [0, 0.1) is 6.92 Å². The molecule has 0 amide bonds. The lowest BCUT2D eigenvalue weighted by molar-refractivity contribution is 0.103. The quantitative estimate of drug-likeness (QED) is 0.655. The monoisotopic (exact) mass is 249 g/mol. The molecule has 1 aromatic carbocycles. The van der Waals surface area contributed by atoms with Crippen LogP contribution >= 0.6 is 0 Å². The lowest BCUT2D eigenvalue weighted by Crippen LogP contribution is -2.04. The number of pyridine rings is 1. The van der Waals surface area contributed by atoms with E-state index in [2.05, 4.69) is 15.0 Å².